The van der Waals surface area contributed by atoms with Crippen molar-refractivity contribution in [2.24, 2.45) is 0 Å². The quantitative estimate of drug-likeness (QED) is 0.576. The average molecular weight is 445 g/mol. The van der Waals surface area contributed by atoms with Crippen LogP contribution in [0, 0.1) is 11.3 Å². The van der Waals surface area contributed by atoms with E-state index in [9.17, 15) is 23.2 Å². The van der Waals surface area contributed by atoms with Crippen molar-refractivity contribution in [2.75, 3.05) is 7.11 Å². The van der Waals surface area contributed by atoms with E-state index >= 15 is 0 Å². The Hall–Kier alpha value is -3.05. The van der Waals surface area contributed by atoms with Crippen molar-refractivity contribution in [3.8, 4) is 22.9 Å². The molecule has 1 aliphatic carbocycles. The van der Waals surface area contributed by atoms with Crippen LogP contribution in [0.1, 0.15) is 44.2 Å². The van der Waals surface area contributed by atoms with Crippen LogP contribution >= 0.6 is 0 Å². The molecule has 0 aromatic heterocycles. The van der Waals surface area contributed by atoms with E-state index in [0.717, 1.165) is 11.1 Å². The van der Waals surface area contributed by atoms with Gasteiger partial charge < -0.3 is 10.1 Å². The highest BCUT2D eigenvalue weighted by Gasteiger charge is 2.47. The number of amides is 1. The summed E-state index contributed by atoms with van der Waals surface area (Å²) in [6.07, 6.45) is -2.82. The number of rotatable bonds is 9. The zero-order valence-electron chi connectivity index (χ0n) is 18.0. The predicted molar refractivity (Wildman–Crippen MR) is 115 cm³/mol. The van der Waals surface area contributed by atoms with Gasteiger partial charge in [0, 0.05) is 0 Å². The number of alkyl halides is 3. The van der Waals surface area contributed by atoms with E-state index < -0.39 is 29.7 Å². The minimum absolute atomic E-state index is 0.0186. The summed E-state index contributed by atoms with van der Waals surface area (Å²) in [4.78, 5) is 12.6. The van der Waals surface area contributed by atoms with E-state index in [1.807, 2.05) is 18.2 Å². The van der Waals surface area contributed by atoms with Crippen molar-refractivity contribution >= 4 is 5.91 Å². The van der Waals surface area contributed by atoms with Crippen LogP contribution in [0.2, 0.25) is 0 Å². The molecule has 0 aliphatic heterocycles. The summed E-state index contributed by atoms with van der Waals surface area (Å²) in [5, 5.41) is 14.3. The van der Waals surface area contributed by atoms with Gasteiger partial charge >= 0.3 is 6.18 Å². The van der Waals surface area contributed by atoms with Crippen molar-refractivity contribution in [1.82, 2.24) is 10.6 Å². The predicted octanol–water partition coefficient (Wildman–Crippen LogP) is 4.90. The van der Waals surface area contributed by atoms with Crippen LogP contribution < -0.4 is 15.4 Å². The van der Waals surface area contributed by atoms with Gasteiger partial charge in [-0.2, -0.15) is 18.4 Å². The van der Waals surface area contributed by atoms with Gasteiger partial charge in [0.1, 0.15) is 17.3 Å². The van der Waals surface area contributed by atoms with Gasteiger partial charge in [-0.25, -0.2) is 0 Å². The number of ether oxygens (including phenoxy) is 1. The highest BCUT2D eigenvalue weighted by atomic mass is 19.4. The Balaban J connectivity index is 1.80. The van der Waals surface area contributed by atoms with Gasteiger partial charge in [-0.05, 0) is 48.1 Å². The number of halogens is 3. The molecule has 170 valence electrons. The molecule has 32 heavy (non-hydrogen) atoms. The molecule has 1 aliphatic rings. The van der Waals surface area contributed by atoms with E-state index in [-0.39, 0.29) is 12.0 Å². The molecule has 0 heterocycles. The van der Waals surface area contributed by atoms with E-state index in [1.54, 1.807) is 38.3 Å². The molecular weight excluding hydrogens is 419 g/mol. The zero-order chi connectivity index (χ0) is 23.4. The van der Waals surface area contributed by atoms with Crippen LogP contribution in [0.3, 0.4) is 0 Å². The van der Waals surface area contributed by atoms with Gasteiger partial charge in [-0.1, -0.05) is 49.7 Å². The van der Waals surface area contributed by atoms with Crippen LogP contribution in [0.4, 0.5) is 13.2 Å². The molecule has 0 spiro atoms. The van der Waals surface area contributed by atoms with E-state index in [1.165, 1.54) is 12.1 Å². The van der Waals surface area contributed by atoms with Gasteiger partial charge in [0.25, 0.3) is 0 Å². The Morgan fingerprint density at radius 1 is 1.12 bits per heavy atom. The molecule has 0 unspecified atom stereocenters. The summed E-state index contributed by atoms with van der Waals surface area (Å²) in [6, 6.07) is 12.3. The number of carbonyl (C=O) groups is 1. The fraction of sp³-hybridized carbons (Fsp3) is 0.417. The van der Waals surface area contributed by atoms with Crippen molar-refractivity contribution in [1.29, 1.82) is 5.26 Å². The lowest BCUT2D eigenvalue weighted by molar-refractivity contribution is -0.161. The molecular formula is C24H26F3N3O2. The number of hydrogen-bond acceptors (Lipinski definition) is 4. The molecule has 0 bridgehead atoms. The number of nitriles is 1. The van der Waals surface area contributed by atoms with Gasteiger partial charge in [0.2, 0.25) is 5.91 Å². The average Bonchev–Trinajstić information content (AvgIpc) is 3.56. The maximum absolute atomic E-state index is 13.9. The van der Waals surface area contributed by atoms with Crippen molar-refractivity contribution in [3.63, 3.8) is 0 Å². The van der Waals surface area contributed by atoms with Gasteiger partial charge in [0.15, 0.2) is 0 Å². The third-order valence-corrected chi connectivity index (χ3v) is 5.58. The maximum Gasteiger partial charge on any atom is 0.407 e. The Labute approximate surface area is 185 Å². The molecule has 8 heteroatoms. The van der Waals surface area contributed by atoms with Crippen LogP contribution in [0.15, 0.2) is 48.5 Å². The molecule has 2 aromatic rings. The molecule has 3 rings (SSSR count). The van der Waals surface area contributed by atoms with Crippen LogP contribution in [0.25, 0.3) is 11.1 Å². The highest BCUT2D eigenvalue weighted by molar-refractivity contribution is 5.83. The molecule has 1 fully saturated rings. The van der Waals surface area contributed by atoms with Crippen LogP contribution in [-0.4, -0.2) is 30.8 Å². The fourth-order valence-electron chi connectivity index (χ4n) is 3.52. The van der Waals surface area contributed by atoms with Gasteiger partial charge in [-0.15, -0.1) is 0 Å². The molecule has 5 nitrogen and oxygen atoms in total. The van der Waals surface area contributed by atoms with Crippen molar-refractivity contribution < 1.29 is 22.7 Å². The standard InChI is InChI=1S/C24H26F3N3O2/c1-3-4-20(22(31)30-23(15-28)13-14-23)29-21(24(25,26)27)18-7-5-16(6-8-18)17-9-11-19(32-2)12-10-17/h5-12,20-21,29H,3-4,13-14H2,1-2H3,(H,30,31)/t20-,21-/m0/s1. The molecule has 2 N–H and O–H groups in total. The molecule has 0 saturated heterocycles. The Bertz CT molecular complexity index is 962. The Kier molecular flexibility index (Phi) is 7.09. The lowest BCUT2D eigenvalue weighted by Gasteiger charge is -2.28. The lowest BCUT2D eigenvalue weighted by atomic mass is 9.99. The van der Waals surface area contributed by atoms with Crippen molar-refractivity contribution in [3.05, 3.63) is 54.1 Å². The van der Waals surface area contributed by atoms with Crippen LogP contribution in [-0.2, 0) is 4.79 Å². The number of benzene rings is 2. The van der Waals surface area contributed by atoms with Gasteiger partial charge in [0.05, 0.1) is 19.2 Å². The number of carbonyl (C=O) groups excluding carboxylic acids is 1. The summed E-state index contributed by atoms with van der Waals surface area (Å²) in [5.74, 6) is 0.117. The second kappa shape index (κ2) is 9.61. The third kappa shape index (κ3) is 5.60. The number of methoxy groups -OCH3 is 1. The van der Waals surface area contributed by atoms with E-state index in [2.05, 4.69) is 10.6 Å². The van der Waals surface area contributed by atoms with Crippen LogP contribution in [0.5, 0.6) is 5.75 Å². The molecule has 1 amide bonds. The van der Waals surface area contributed by atoms with E-state index in [0.29, 0.717) is 25.0 Å². The largest absolute Gasteiger partial charge is 0.497 e. The number of nitrogens with one attached hydrogen (secondary N) is 2. The smallest absolute Gasteiger partial charge is 0.407 e. The normalized spacial score (nSPS) is 16.5. The minimum atomic E-state index is -4.60. The molecule has 0 radical (unpaired) electrons. The fourth-order valence-corrected chi connectivity index (χ4v) is 3.52. The summed E-state index contributed by atoms with van der Waals surface area (Å²) < 4.78 is 46.9. The van der Waals surface area contributed by atoms with Gasteiger partial charge in [-0.3, -0.25) is 10.1 Å². The summed E-state index contributed by atoms with van der Waals surface area (Å²) in [5.41, 5.74) is 0.705. The topological polar surface area (TPSA) is 74.2 Å². The monoisotopic (exact) mass is 445 g/mol. The summed E-state index contributed by atoms with van der Waals surface area (Å²) in [6.45, 7) is 1.80. The zero-order valence-corrected chi connectivity index (χ0v) is 18.0. The first kappa shape index (κ1) is 23.6. The number of nitrogens with zero attached hydrogens (tertiary/aromatic N) is 1. The molecule has 2 aromatic carbocycles. The van der Waals surface area contributed by atoms with Crippen molar-refractivity contribution in [2.45, 2.75) is 56.4 Å². The first-order valence-electron chi connectivity index (χ1n) is 10.5. The second-order valence-corrected chi connectivity index (χ2v) is 8.02. The number of hydrogen-bond donors (Lipinski definition) is 2. The summed E-state index contributed by atoms with van der Waals surface area (Å²) in [7, 11) is 1.56. The maximum atomic E-state index is 13.9. The van der Waals surface area contributed by atoms with E-state index in [4.69, 9.17) is 4.74 Å². The molecule has 2 atom stereocenters. The third-order valence-electron chi connectivity index (χ3n) is 5.58. The Morgan fingerprint density at radius 2 is 1.69 bits per heavy atom. The second-order valence-electron chi connectivity index (χ2n) is 8.02. The SMILES string of the molecule is CCC[C@H](N[C@@H](c1ccc(-c2ccc(OC)cc2)cc1)C(F)(F)F)C(=O)NC1(C#N)CC1. The minimum Gasteiger partial charge on any atom is -0.497 e. The highest BCUT2D eigenvalue weighted by Crippen LogP contribution is 2.36. The Morgan fingerprint density at radius 3 is 2.12 bits per heavy atom. The summed E-state index contributed by atoms with van der Waals surface area (Å²) >= 11 is 0. The first-order chi connectivity index (χ1) is 15.2. The first-order valence-corrected chi connectivity index (χ1v) is 10.5. The molecule has 1 saturated carbocycles. The lowest BCUT2D eigenvalue weighted by Crippen LogP contribution is -2.51.